The molecule has 20 heavy (non-hydrogen) atoms. The zero-order chi connectivity index (χ0) is 14.5. The molecule has 4 nitrogen and oxygen atoms in total. The number of aromatic nitrogens is 1. The Balaban J connectivity index is 2.01. The molecular formula is C14H15ClN2O2S. The number of halogens is 1. The summed E-state index contributed by atoms with van der Waals surface area (Å²) in [5, 5.41) is 5.40. The van der Waals surface area contributed by atoms with Crippen LogP contribution in [0.1, 0.15) is 17.7 Å². The third-order valence-electron chi connectivity index (χ3n) is 2.85. The number of methoxy groups -OCH3 is 1. The minimum absolute atomic E-state index is 0.0713. The van der Waals surface area contributed by atoms with Crippen molar-refractivity contribution in [3.63, 3.8) is 0 Å². The first kappa shape index (κ1) is 14.8. The number of hydrogen-bond acceptors (Lipinski definition) is 4. The molecule has 0 fully saturated rings. The first-order valence-electron chi connectivity index (χ1n) is 6.11. The van der Waals surface area contributed by atoms with Crippen LogP contribution in [-0.4, -0.2) is 18.0 Å². The molecule has 0 aliphatic heterocycles. The topological polar surface area (TPSA) is 51.2 Å². The molecule has 0 atom stereocenters. The summed E-state index contributed by atoms with van der Waals surface area (Å²) in [7, 11) is 1.55. The van der Waals surface area contributed by atoms with Crippen molar-refractivity contribution in [2.75, 3.05) is 12.4 Å². The van der Waals surface area contributed by atoms with Crippen molar-refractivity contribution in [3.05, 3.63) is 39.3 Å². The zero-order valence-corrected chi connectivity index (χ0v) is 12.8. The lowest BCUT2D eigenvalue weighted by Gasteiger charge is -2.12. The van der Waals surface area contributed by atoms with Crippen molar-refractivity contribution in [2.24, 2.45) is 0 Å². The van der Waals surface area contributed by atoms with Gasteiger partial charge in [-0.05, 0) is 25.0 Å². The fraction of sp³-hybridized carbons (Fsp3) is 0.286. The van der Waals surface area contributed by atoms with Gasteiger partial charge in [0.25, 0.3) is 0 Å². The summed E-state index contributed by atoms with van der Waals surface area (Å²) in [6.07, 6.45) is 1.01. The zero-order valence-electron chi connectivity index (χ0n) is 11.3. The molecular weight excluding hydrogens is 296 g/mol. The largest absolute Gasteiger partial charge is 0.495 e. The van der Waals surface area contributed by atoms with Crippen LogP contribution < -0.4 is 10.1 Å². The summed E-state index contributed by atoms with van der Waals surface area (Å²) in [6.45, 7) is 1.88. The number of carbonyl (C=O) groups is 1. The molecule has 1 heterocycles. The van der Waals surface area contributed by atoms with Gasteiger partial charge in [0.05, 0.1) is 24.0 Å². The normalized spacial score (nSPS) is 10.3. The van der Waals surface area contributed by atoms with E-state index in [4.69, 9.17) is 16.3 Å². The molecule has 1 amide bonds. The maximum absolute atomic E-state index is 11.9. The monoisotopic (exact) mass is 310 g/mol. The Morgan fingerprint density at radius 3 is 2.95 bits per heavy atom. The first-order valence-corrected chi connectivity index (χ1v) is 7.43. The molecule has 0 unspecified atom stereocenters. The summed E-state index contributed by atoms with van der Waals surface area (Å²) in [4.78, 5) is 16.1. The summed E-state index contributed by atoms with van der Waals surface area (Å²) < 4.78 is 5.22. The molecule has 106 valence electrons. The first-order chi connectivity index (χ1) is 9.60. The van der Waals surface area contributed by atoms with Crippen molar-refractivity contribution in [3.8, 4) is 5.75 Å². The highest BCUT2D eigenvalue weighted by molar-refractivity contribution is 7.07. The van der Waals surface area contributed by atoms with E-state index < -0.39 is 0 Å². The van der Waals surface area contributed by atoms with E-state index in [0.717, 1.165) is 11.3 Å². The van der Waals surface area contributed by atoms with Crippen LogP contribution in [0.3, 0.4) is 0 Å². The minimum Gasteiger partial charge on any atom is -0.495 e. The fourth-order valence-corrected chi connectivity index (χ4v) is 2.49. The van der Waals surface area contributed by atoms with Gasteiger partial charge in [-0.1, -0.05) is 11.6 Å². The van der Waals surface area contributed by atoms with Crippen LogP contribution in [0.25, 0.3) is 0 Å². The number of benzene rings is 1. The van der Waals surface area contributed by atoms with Crippen molar-refractivity contribution in [1.82, 2.24) is 4.98 Å². The summed E-state index contributed by atoms with van der Waals surface area (Å²) in [6, 6.07) is 3.51. The molecule has 2 aromatic rings. The van der Waals surface area contributed by atoms with Gasteiger partial charge in [-0.3, -0.25) is 4.79 Å². The second-order valence-corrected chi connectivity index (χ2v) is 5.46. The third kappa shape index (κ3) is 3.71. The van der Waals surface area contributed by atoms with Gasteiger partial charge in [-0.25, -0.2) is 4.98 Å². The average Bonchev–Trinajstić information content (AvgIpc) is 2.93. The van der Waals surface area contributed by atoms with Crippen molar-refractivity contribution in [2.45, 2.75) is 19.8 Å². The van der Waals surface area contributed by atoms with E-state index in [1.807, 2.05) is 18.4 Å². The van der Waals surface area contributed by atoms with E-state index >= 15 is 0 Å². The van der Waals surface area contributed by atoms with Gasteiger partial charge in [0.1, 0.15) is 5.75 Å². The predicted octanol–water partition coefficient (Wildman–Crippen LogP) is 3.68. The van der Waals surface area contributed by atoms with E-state index in [-0.39, 0.29) is 5.91 Å². The molecule has 6 heteroatoms. The summed E-state index contributed by atoms with van der Waals surface area (Å²) in [5.74, 6) is 0.487. The molecule has 0 radical (unpaired) electrons. The number of aryl methyl sites for hydroxylation is 2. The van der Waals surface area contributed by atoms with Crippen LogP contribution in [0, 0.1) is 6.92 Å². The van der Waals surface area contributed by atoms with E-state index in [0.29, 0.717) is 29.3 Å². The lowest BCUT2D eigenvalue weighted by Crippen LogP contribution is -2.13. The second kappa shape index (κ2) is 6.72. The molecule has 0 aliphatic rings. The van der Waals surface area contributed by atoms with E-state index in [1.54, 1.807) is 18.7 Å². The number of rotatable bonds is 5. The highest BCUT2D eigenvalue weighted by Crippen LogP contribution is 2.31. The summed E-state index contributed by atoms with van der Waals surface area (Å²) in [5.41, 5.74) is 4.23. The van der Waals surface area contributed by atoms with Gasteiger partial charge < -0.3 is 10.1 Å². The molecule has 1 aromatic carbocycles. The molecule has 0 saturated carbocycles. The van der Waals surface area contributed by atoms with Crippen molar-refractivity contribution >= 4 is 34.5 Å². The number of amides is 1. The second-order valence-electron chi connectivity index (χ2n) is 4.33. The number of thiazole rings is 1. The highest BCUT2D eigenvalue weighted by atomic mass is 35.5. The Labute approximate surface area is 126 Å². The molecule has 0 spiro atoms. The number of nitrogens with zero attached hydrogens (tertiary/aromatic N) is 1. The minimum atomic E-state index is -0.0713. The molecule has 1 aromatic heterocycles. The molecule has 0 saturated heterocycles. The average molecular weight is 311 g/mol. The Bertz CT molecular complexity index is 599. The van der Waals surface area contributed by atoms with Gasteiger partial charge in [-0.15, -0.1) is 11.3 Å². The maximum Gasteiger partial charge on any atom is 0.224 e. The van der Waals surface area contributed by atoms with Crippen LogP contribution in [0.15, 0.2) is 23.0 Å². The predicted molar refractivity (Wildman–Crippen MR) is 81.8 cm³/mol. The SMILES string of the molecule is COc1cc(Cl)c(C)cc1NC(=O)CCc1cscn1. The number of ether oxygens (including phenoxy) is 1. The van der Waals surface area contributed by atoms with E-state index in [2.05, 4.69) is 10.3 Å². The number of anilines is 1. The molecule has 0 aliphatic carbocycles. The Morgan fingerprint density at radius 2 is 2.30 bits per heavy atom. The standard InChI is InChI=1S/C14H15ClN2O2S/c1-9-5-12(13(19-2)6-11(9)15)17-14(18)4-3-10-7-20-8-16-10/h5-8H,3-4H2,1-2H3,(H,17,18). The van der Waals surface area contributed by atoms with Gasteiger partial charge in [-0.2, -0.15) is 0 Å². The van der Waals surface area contributed by atoms with Crippen molar-refractivity contribution in [1.29, 1.82) is 0 Å². The van der Waals surface area contributed by atoms with E-state index in [1.165, 1.54) is 11.3 Å². The Hall–Kier alpha value is -1.59. The van der Waals surface area contributed by atoms with Gasteiger partial charge in [0, 0.05) is 22.9 Å². The smallest absolute Gasteiger partial charge is 0.224 e. The third-order valence-corrected chi connectivity index (χ3v) is 3.89. The maximum atomic E-state index is 11.9. The number of carbonyl (C=O) groups excluding carboxylic acids is 1. The van der Waals surface area contributed by atoms with Gasteiger partial charge in [0.2, 0.25) is 5.91 Å². The Kier molecular flexibility index (Phi) is 4.98. The number of hydrogen-bond donors (Lipinski definition) is 1. The van der Waals surface area contributed by atoms with E-state index in [9.17, 15) is 4.79 Å². The lowest BCUT2D eigenvalue weighted by atomic mass is 10.2. The lowest BCUT2D eigenvalue weighted by molar-refractivity contribution is -0.116. The summed E-state index contributed by atoms with van der Waals surface area (Å²) >= 11 is 7.56. The fourth-order valence-electron chi connectivity index (χ4n) is 1.75. The number of nitrogens with one attached hydrogen (secondary N) is 1. The van der Waals surface area contributed by atoms with Crippen LogP contribution in [0.2, 0.25) is 5.02 Å². The highest BCUT2D eigenvalue weighted by Gasteiger charge is 2.10. The molecule has 1 N–H and O–H groups in total. The van der Waals surface area contributed by atoms with Gasteiger partial charge >= 0.3 is 0 Å². The van der Waals surface area contributed by atoms with Crippen LogP contribution in [0.4, 0.5) is 5.69 Å². The van der Waals surface area contributed by atoms with Crippen LogP contribution in [0.5, 0.6) is 5.75 Å². The molecule has 0 bridgehead atoms. The Morgan fingerprint density at radius 1 is 1.50 bits per heavy atom. The van der Waals surface area contributed by atoms with Gasteiger partial charge in [0.15, 0.2) is 0 Å². The molecule has 2 rings (SSSR count). The van der Waals surface area contributed by atoms with Crippen molar-refractivity contribution < 1.29 is 9.53 Å². The quantitative estimate of drug-likeness (QED) is 0.916. The van der Waals surface area contributed by atoms with Crippen LogP contribution in [-0.2, 0) is 11.2 Å². The van der Waals surface area contributed by atoms with Crippen LogP contribution >= 0.6 is 22.9 Å².